The average Bonchev–Trinajstić information content (AvgIpc) is 2.63. The van der Waals surface area contributed by atoms with Crippen molar-refractivity contribution in [2.75, 3.05) is 32.0 Å². The van der Waals surface area contributed by atoms with Gasteiger partial charge in [-0.15, -0.1) is 0 Å². The first-order chi connectivity index (χ1) is 12.6. The normalized spacial score (nSPS) is 15.8. The highest BCUT2D eigenvalue weighted by atomic mass is 32.2. The predicted octanol–water partition coefficient (Wildman–Crippen LogP) is 2.58. The number of guanidine groups is 1. The van der Waals surface area contributed by atoms with Crippen LogP contribution in [0, 0.1) is 5.82 Å². The molecule has 1 amide bonds. The van der Waals surface area contributed by atoms with Gasteiger partial charge in [0.2, 0.25) is 0 Å². The van der Waals surface area contributed by atoms with Gasteiger partial charge in [-0.25, -0.2) is 9.18 Å². The number of thioether (sulfide) groups is 1. The third-order valence-electron chi connectivity index (χ3n) is 4.11. The van der Waals surface area contributed by atoms with Crippen LogP contribution in [0.1, 0.15) is 25.3 Å². The number of aliphatic imine (C=N–C) groups is 1. The van der Waals surface area contributed by atoms with Gasteiger partial charge in [0.1, 0.15) is 5.82 Å². The number of halogens is 1. The summed E-state index contributed by atoms with van der Waals surface area (Å²) in [5, 5.41) is 3.21. The Balaban J connectivity index is 1.61. The van der Waals surface area contributed by atoms with Gasteiger partial charge < -0.3 is 20.7 Å². The lowest BCUT2D eigenvalue weighted by atomic mass is 10.1. The van der Waals surface area contributed by atoms with Gasteiger partial charge in [0.05, 0.1) is 13.2 Å². The van der Waals surface area contributed by atoms with Gasteiger partial charge in [0, 0.05) is 30.6 Å². The molecule has 2 rings (SSSR count). The molecule has 1 aromatic rings. The van der Waals surface area contributed by atoms with Gasteiger partial charge in [0.15, 0.2) is 5.96 Å². The lowest BCUT2D eigenvalue weighted by Crippen LogP contribution is -2.48. The number of nitrogens with zero attached hydrogens (tertiary/aromatic N) is 2. The zero-order valence-corrected chi connectivity index (χ0v) is 15.9. The summed E-state index contributed by atoms with van der Waals surface area (Å²) in [5.74, 6) is 1.66. The number of carbonyl (C=O) groups excluding carboxylic acids is 1. The fraction of sp³-hybridized carbons (Fsp3) is 0.556. The maximum atomic E-state index is 13.5. The largest absolute Gasteiger partial charge is 0.450 e. The van der Waals surface area contributed by atoms with Gasteiger partial charge in [-0.05, 0) is 31.4 Å². The molecular weight excluding hydrogens is 355 g/mol. The minimum Gasteiger partial charge on any atom is -0.450 e. The molecule has 0 saturated carbocycles. The van der Waals surface area contributed by atoms with Crippen LogP contribution in [0.5, 0.6) is 0 Å². The van der Waals surface area contributed by atoms with Crippen LogP contribution >= 0.6 is 11.8 Å². The molecular formula is C18H27FN4O2S. The third kappa shape index (κ3) is 6.74. The van der Waals surface area contributed by atoms with E-state index in [0.717, 1.165) is 18.6 Å². The molecule has 0 aromatic heterocycles. The molecule has 1 fully saturated rings. The van der Waals surface area contributed by atoms with Crippen molar-refractivity contribution in [3.05, 3.63) is 35.6 Å². The van der Waals surface area contributed by atoms with Crippen LogP contribution in [-0.4, -0.2) is 55.0 Å². The Kier molecular flexibility index (Phi) is 8.53. The zero-order chi connectivity index (χ0) is 18.8. The number of nitrogens with two attached hydrogens (primary N) is 1. The number of likely N-dealkylation sites (tertiary alicyclic amines) is 1. The fourth-order valence-corrected chi connectivity index (χ4v) is 3.52. The van der Waals surface area contributed by atoms with Crippen LogP contribution in [-0.2, 0) is 10.5 Å². The highest BCUT2D eigenvalue weighted by Crippen LogP contribution is 2.15. The molecule has 1 aliphatic rings. The Hall–Kier alpha value is -1.96. The molecule has 144 valence electrons. The van der Waals surface area contributed by atoms with E-state index >= 15 is 0 Å². The van der Waals surface area contributed by atoms with Gasteiger partial charge in [-0.3, -0.25) is 4.99 Å². The highest BCUT2D eigenvalue weighted by molar-refractivity contribution is 7.98. The summed E-state index contributed by atoms with van der Waals surface area (Å²) in [6.45, 7) is 4.09. The molecule has 0 atom stereocenters. The van der Waals surface area contributed by atoms with Crippen LogP contribution < -0.4 is 11.1 Å². The smallest absolute Gasteiger partial charge is 0.409 e. The summed E-state index contributed by atoms with van der Waals surface area (Å²) < 4.78 is 18.5. The maximum Gasteiger partial charge on any atom is 0.409 e. The summed E-state index contributed by atoms with van der Waals surface area (Å²) in [5.41, 5.74) is 6.64. The number of hydrogen-bond donors (Lipinski definition) is 2. The minimum absolute atomic E-state index is 0.168. The van der Waals surface area contributed by atoms with Crippen LogP contribution in [0.2, 0.25) is 0 Å². The second-order valence-corrected chi connectivity index (χ2v) is 7.12. The Morgan fingerprint density at radius 1 is 1.42 bits per heavy atom. The van der Waals surface area contributed by atoms with Crippen LogP contribution in [0.25, 0.3) is 0 Å². The summed E-state index contributed by atoms with van der Waals surface area (Å²) in [7, 11) is 0. The molecule has 0 aliphatic carbocycles. The first-order valence-electron chi connectivity index (χ1n) is 8.89. The van der Waals surface area contributed by atoms with E-state index in [4.69, 9.17) is 10.5 Å². The Labute approximate surface area is 158 Å². The number of rotatable bonds is 7. The van der Waals surface area contributed by atoms with E-state index in [1.165, 1.54) is 6.07 Å². The van der Waals surface area contributed by atoms with E-state index in [1.54, 1.807) is 35.7 Å². The van der Waals surface area contributed by atoms with Gasteiger partial charge in [-0.1, -0.05) is 18.2 Å². The lowest BCUT2D eigenvalue weighted by Gasteiger charge is -2.31. The van der Waals surface area contributed by atoms with Crippen molar-refractivity contribution in [1.29, 1.82) is 0 Å². The van der Waals surface area contributed by atoms with Gasteiger partial charge in [0.25, 0.3) is 0 Å². The molecule has 26 heavy (non-hydrogen) atoms. The average molecular weight is 383 g/mol. The van der Waals surface area contributed by atoms with E-state index in [2.05, 4.69) is 10.3 Å². The SMILES string of the molecule is CCOC(=O)N1CCC(NC(N)=NCCSCc2ccccc2F)CC1. The number of hydrogen-bond acceptors (Lipinski definition) is 4. The second kappa shape index (κ2) is 10.9. The molecule has 0 radical (unpaired) electrons. The molecule has 1 aromatic carbocycles. The number of carbonyl (C=O) groups is 1. The first-order valence-corrected chi connectivity index (χ1v) is 10.0. The molecule has 0 spiro atoms. The Bertz CT molecular complexity index is 607. The Morgan fingerprint density at radius 3 is 2.85 bits per heavy atom. The molecule has 1 saturated heterocycles. The number of amides is 1. The third-order valence-corrected chi connectivity index (χ3v) is 5.09. The van der Waals surface area contributed by atoms with E-state index in [-0.39, 0.29) is 18.0 Å². The van der Waals surface area contributed by atoms with E-state index in [1.807, 2.05) is 6.07 Å². The van der Waals surface area contributed by atoms with Crippen LogP contribution in [0.15, 0.2) is 29.3 Å². The molecule has 3 N–H and O–H groups in total. The highest BCUT2D eigenvalue weighted by Gasteiger charge is 2.23. The topological polar surface area (TPSA) is 80.0 Å². The lowest BCUT2D eigenvalue weighted by molar-refractivity contribution is 0.0963. The quantitative estimate of drug-likeness (QED) is 0.430. The van der Waals surface area contributed by atoms with Gasteiger partial charge >= 0.3 is 6.09 Å². The van der Waals surface area contributed by atoms with Crippen molar-refractivity contribution < 1.29 is 13.9 Å². The zero-order valence-electron chi connectivity index (χ0n) is 15.1. The molecule has 1 aliphatic heterocycles. The number of piperidine rings is 1. The summed E-state index contributed by atoms with van der Waals surface area (Å²) >= 11 is 1.63. The number of nitrogens with one attached hydrogen (secondary N) is 1. The number of ether oxygens (including phenoxy) is 1. The minimum atomic E-state index is -0.250. The van der Waals surface area contributed by atoms with E-state index < -0.39 is 0 Å². The monoisotopic (exact) mass is 382 g/mol. The summed E-state index contributed by atoms with van der Waals surface area (Å²) in [4.78, 5) is 17.7. The molecule has 0 bridgehead atoms. The van der Waals surface area contributed by atoms with Crippen molar-refractivity contribution in [3.8, 4) is 0 Å². The maximum absolute atomic E-state index is 13.5. The van der Waals surface area contributed by atoms with E-state index in [9.17, 15) is 9.18 Å². The van der Waals surface area contributed by atoms with Gasteiger partial charge in [-0.2, -0.15) is 11.8 Å². The number of benzene rings is 1. The molecule has 0 unspecified atom stereocenters. The Morgan fingerprint density at radius 2 is 2.15 bits per heavy atom. The fourth-order valence-electron chi connectivity index (χ4n) is 2.70. The molecule has 6 nitrogen and oxygen atoms in total. The van der Waals surface area contributed by atoms with Crippen molar-refractivity contribution in [1.82, 2.24) is 10.2 Å². The molecule has 1 heterocycles. The van der Waals surface area contributed by atoms with Crippen molar-refractivity contribution >= 4 is 23.8 Å². The van der Waals surface area contributed by atoms with Crippen molar-refractivity contribution in [2.45, 2.75) is 31.6 Å². The van der Waals surface area contributed by atoms with Crippen molar-refractivity contribution in [3.63, 3.8) is 0 Å². The summed E-state index contributed by atoms with van der Waals surface area (Å²) in [6, 6.07) is 7.02. The standard InChI is InChI=1S/C18H27FN4O2S/c1-2-25-18(24)23-10-7-15(8-11-23)22-17(20)21-9-12-26-13-14-5-3-4-6-16(14)19/h3-6,15H,2,7-13H2,1H3,(H3,20,21,22). The summed E-state index contributed by atoms with van der Waals surface area (Å²) in [6.07, 6.45) is 1.38. The van der Waals surface area contributed by atoms with Crippen LogP contribution in [0.4, 0.5) is 9.18 Å². The molecule has 8 heteroatoms. The first kappa shape index (κ1) is 20.4. The van der Waals surface area contributed by atoms with Crippen molar-refractivity contribution in [2.24, 2.45) is 10.7 Å². The van der Waals surface area contributed by atoms with E-state index in [0.29, 0.717) is 43.5 Å². The second-order valence-electron chi connectivity index (χ2n) is 6.02. The predicted molar refractivity (Wildman–Crippen MR) is 104 cm³/mol. The van der Waals surface area contributed by atoms with Crippen LogP contribution in [0.3, 0.4) is 0 Å².